The van der Waals surface area contributed by atoms with Gasteiger partial charge < -0.3 is 5.32 Å². The molecule has 1 heterocycles. The number of hydrogen-bond acceptors (Lipinski definition) is 6. The molecule has 9 heteroatoms. The molecule has 2 N–H and O–H groups in total. The highest BCUT2D eigenvalue weighted by Gasteiger charge is 2.43. The highest BCUT2D eigenvalue weighted by atomic mass is 16.6. The Hall–Kier alpha value is -3.46. The van der Waals surface area contributed by atoms with E-state index < -0.39 is 28.0 Å². The van der Waals surface area contributed by atoms with E-state index in [-0.39, 0.29) is 17.2 Å². The number of carbonyl (C=O) groups excluding carboxylic acids is 1. The van der Waals surface area contributed by atoms with E-state index in [4.69, 9.17) is 0 Å². The summed E-state index contributed by atoms with van der Waals surface area (Å²) >= 11 is 0. The number of nitrogens with two attached hydrogens (primary N) is 1. The maximum absolute atomic E-state index is 12.3. The number of nitro benzene ring substituents is 2. The van der Waals surface area contributed by atoms with Gasteiger partial charge in [-0.15, -0.1) is 0 Å². The van der Waals surface area contributed by atoms with Gasteiger partial charge in [-0.25, -0.2) is 4.99 Å². The maximum atomic E-state index is 12.3. The molecule has 2 aromatic rings. The Morgan fingerprint density at radius 3 is 2.00 bits per heavy atom. The summed E-state index contributed by atoms with van der Waals surface area (Å²) in [5.41, 5.74) is 1.11. The minimum Gasteiger partial charge on any atom is -0.314 e. The van der Waals surface area contributed by atoms with E-state index in [0.717, 1.165) is 0 Å². The summed E-state index contributed by atoms with van der Waals surface area (Å²) in [5, 5.41) is 24.6. The minimum absolute atomic E-state index is 0.0807. The lowest BCUT2D eigenvalue weighted by Gasteiger charge is -2.31. The summed E-state index contributed by atoms with van der Waals surface area (Å²) in [6.45, 7) is 3.10. The van der Waals surface area contributed by atoms with Crippen molar-refractivity contribution in [3.63, 3.8) is 0 Å². The van der Waals surface area contributed by atoms with Crippen LogP contribution in [0.15, 0.2) is 53.5 Å². The topological polar surface area (TPSA) is 132 Å². The maximum Gasteiger partial charge on any atom is 0.280 e. The zero-order chi connectivity index (χ0) is 20.4. The van der Waals surface area contributed by atoms with Gasteiger partial charge in [-0.3, -0.25) is 25.0 Å². The van der Waals surface area contributed by atoms with E-state index >= 15 is 0 Å². The molecule has 0 saturated heterocycles. The molecule has 0 fully saturated rings. The number of ketones is 1. The van der Waals surface area contributed by atoms with Crippen LogP contribution < -0.4 is 5.32 Å². The van der Waals surface area contributed by atoms with Crippen molar-refractivity contribution in [3.8, 4) is 0 Å². The van der Waals surface area contributed by atoms with Gasteiger partial charge >= 0.3 is 0 Å². The van der Waals surface area contributed by atoms with Crippen LogP contribution in [0.25, 0.3) is 0 Å². The summed E-state index contributed by atoms with van der Waals surface area (Å²) in [6, 6.07) is 11.9. The molecule has 9 nitrogen and oxygen atoms in total. The molecule has 28 heavy (non-hydrogen) atoms. The molecule has 1 unspecified atom stereocenters. The number of aliphatic imine (C=N–C) groups is 1. The van der Waals surface area contributed by atoms with Crippen molar-refractivity contribution in [3.05, 3.63) is 79.9 Å². The zero-order valence-electron chi connectivity index (χ0n) is 15.3. The van der Waals surface area contributed by atoms with Gasteiger partial charge in [0.1, 0.15) is 23.3 Å². The second-order valence-corrected chi connectivity index (χ2v) is 6.65. The van der Waals surface area contributed by atoms with Gasteiger partial charge in [-0.05, 0) is 26.0 Å². The Balaban J connectivity index is 2.14. The van der Waals surface area contributed by atoms with E-state index in [1.54, 1.807) is 48.6 Å². The smallest absolute Gasteiger partial charge is 0.280 e. The first-order valence-electron chi connectivity index (χ1n) is 8.67. The molecule has 144 valence electrons. The molecular weight excluding hydrogens is 364 g/mol. The van der Waals surface area contributed by atoms with Gasteiger partial charge in [0.2, 0.25) is 6.17 Å². The van der Waals surface area contributed by atoms with E-state index in [1.165, 1.54) is 19.1 Å². The number of nitrogens with zero attached hydrogens (tertiary/aromatic N) is 3. The Kier molecular flexibility index (Phi) is 5.27. The van der Waals surface area contributed by atoms with Crippen LogP contribution in [0.1, 0.15) is 37.2 Å². The van der Waals surface area contributed by atoms with Crippen LogP contribution in [0.4, 0.5) is 11.4 Å². The van der Waals surface area contributed by atoms with Crippen molar-refractivity contribution in [2.24, 2.45) is 10.9 Å². The van der Waals surface area contributed by atoms with Crippen LogP contribution in [-0.2, 0) is 4.79 Å². The molecule has 1 aliphatic rings. The number of para-hydroxylation sites is 2. The fraction of sp³-hybridized carbons (Fsp3) is 0.263. The summed E-state index contributed by atoms with van der Waals surface area (Å²) in [7, 11) is 0. The second kappa shape index (κ2) is 7.65. The number of hydrogen-bond donors (Lipinski definition) is 1. The van der Waals surface area contributed by atoms with E-state index in [1.807, 2.05) is 0 Å². The number of benzene rings is 2. The predicted octanol–water partition coefficient (Wildman–Crippen LogP) is 2.49. The molecule has 3 rings (SSSR count). The van der Waals surface area contributed by atoms with Crippen molar-refractivity contribution in [1.29, 1.82) is 0 Å². The van der Waals surface area contributed by atoms with Gasteiger partial charge in [-0.1, -0.05) is 24.3 Å². The monoisotopic (exact) mass is 383 g/mol. The molecule has 0 radical (unpaired) electrons. The first-order valence-corrected chi connectivity index (χ1v) is 8.67. The minimum atomic E-state index is -0.679. The Labute approximate surface area is 160 Å². The van der Waals surface area contributed by atoms with Gasteiger partial charge in [-0.2, -0.15) is 0 Å². The number of nitro groups is 2. The van der Waals surface area contributed by atoms with Crippen LogP contribution in [0.3, 0.4) is 0 Å². The Morgan fingerprint density at radius 2 is 1.46 bits per heavy atom. The normalized spacial score (nSPS) is 21.6. The number of carbonyl (C=O) groups is 1. The largest absolute Gasteiger partial charge is 0.314 e. The van der Waals surface area contributed by atoms with Crippen molar-refractivity contribution < 1.29 is 20.0 Å². The SMILES string of the molecule is CC(=O)C1C(C)=N[C@H](c2ccccc2[N+](=O)[O-])[NH2+][C@@H]1c1ccccc1[N+](=O)[O-]. The van der Waals surface area contributed by atoms with E-state index in [9.17, 15) is 25.0 Å². The second-order valence-electron chi connectivity index (χ2n) is 6.65. The van der Waals surface area contributed by atoms with E-state index in [2.05, 4.69) is 4.99 Å². The van der Waals surface area contributed by atoms with Crippen LogP contribution in [0.5, 0.6) is 0 Å². The Morgan fingerprint density at radius 1 is 0.964 bits per heavy atom. The van der Waals surface area contributed by atoms with Crippen LogP contribution >= 0.6 is 0 Å². The fourth-order valence-electron chi connectivity index (χ4n) is 3.75. The van der Waals surface area contributed by atoms with Gasteiger partial charge in [0.05, 0.1) is 15.4 Å². The third kappa shape index (κ3) is 3.52. The summed E-state index contributed by atoms with van der Waals surface area (Å²) in [4.78, 5) is 38.8. The highest BCUT2D eigenvalue weighted by molar-refractivity contribution is 6.04. The molecule has 2 aromatic carbocycles. The molecule has 3 atom stereocenters. The quantitative estimate of drug-likeness (QED) is 0.625. The molecule has 1 aliphatic heterocycles. The lowest BCUT2D eigenvalue weighted by Crippen LogP contribution is -2.89. The summed E-state index contributed by atoms with van der Waals surface area (Å²) in [6.07, 6.45) is -0.679. The van der Waals surface area contributed by atoms with Gasteiger partial charge in [0.15, 0.2) is 0 Å². The first-order chi connectivity index (χ1) is 13.3. The number of Topliss-reactive ketones (excluding diaryl/α,β-unsaturated/α-hetero) is 1. The standard InChI is InChI=1S/C19H18N4O5/c1-11-17(12(2)24)18(13-7-3-5-9-15(13)22(25)26)21-19(20-11)14-8-4-6-10-16(14)23(27)28/h3-10,17-19,21H,1-2H3/p+1/t17?,18-,19+/m1/s1. The Bertz CT molecular complexity index is 988. The van der Waals surface area contributed by atoms with E-state index in [0.29, 0.717) is 16.8 Å². The average Bonchev–Trinajstić information content (AvgIpc) is 2.66. The third-order valence-corrected chi connectivity index (χ3v) is 4.92. The molecular formula is C19H19N4O5+. The zero-order valence-corrected chi connectivity index (χ0v) is 15.3. The first kappa shape index (κ1) is 19.3. The molecule has 0 bridgehead atoms. The van der Waals surface area contributed by atoms with Gasteiger partial charge in [0, 0.05) is 17.8 Å². The van der Waals surface area contributed by atoms with Crippen LogP contribution in [-0.4, -0.2) is 21.3 Å². The third-order valence-electron chi connectivity index (χ3n) is 4.92. The number of rotatable bonds is 5. The highest BCUT2D eigenvalue weighted by Crippen LogP contribution is 2.34. The fourth-order valence-corrected chi connectivity index (χ4v) is 3.75. The summed E-state index contributed by atoms with van der Waals surface area (Å²) < 4.78 is 0. The predicted molar refractivity (Wildman–Crippen MR) is 101 cm³/mol. The van der Waals surface area contributed by atoms with Crippen LogP contribution in [0, 0.1) is 26.1 Å². The molecule has 0 spiro atoms. The van der Waals surface area contributed by atoms with Crippen molar-refractivity contribution >= 4 is 22.9 Å². The number of quaternary nitrogens is 1. The molecule has 0 aromatic heterocycles. The van der Waals surface area contributed by atoms with Crippen molar-refractivity contribution in [2.45, 2.75) is 26.1 Å². The average molecular weight is 383 g/mol. The van der Waals surface area contributed by atoms with Crippen LogP contribution in [0.2, 0.25) is 0 Å². The molecule has 0 aliphatic carbocycles. The lowest BCUT2D eigenvalue weighted by atomic mass is 9.84. The van der Waals surface area contributed by atoms with Crippen molar-refractivity contribution in [2.75, 3.05) is 0 Å². The molecule has 0 amide bonds. The lowest BCUT2D eigenvalue weighted by molar-refractivity contribution is -0.739. The molecule has 0 saturated carbocycles. The summed E-state index contributed by atoms with van der Waals surface area (Å²) in [5.74, 6) is -0.818. The van der Waals surface area contributed by atoms with Crippen molar-refractivity contribution in [1.82, 2.24) is 0 Å². The van der Waals surface area contributed by atoms with Gasteiger partial charge in [0.25, 0.3) is 11.4 Å².